The number of aryl methyl sites for hydroxylation is 1. The number of carbonyl (C=O) groups is 1. The third kappa shape index (κ3) is 3.47. The maximum Gasteiger partial charge on any atom is 0.316 e. The highest BCUT2D eigenvalue weighted by molar-refractivity contribution is 7.99. The molecule has 21 heavy (non-hydrogen) atoms. The molecule has 2 aromatic heterocycles. The Morgan fingerprint density at radius 3 is 2.71 bits per heavy atom. The third-order valence-corrected chi connectivity index (χ3v) is 5.14. The summed E-state index contributed by atoms with van der Waals surface area (Å²) in [6.45, 7) is 9.22. The summed E-state index contributed by atoms with van der Waals surface area (Å²) < 4.78 is 6.98. The zero-order valence-corrected chi connectivity index (χ0v) is 14.3. The molecule has 0 N–H and O–H groups in total. The van der Waals surface area contributed by atoms with Crippen molar-refractivity contribution in [2.45, 2.75) is 39.4 Å². The number of aromatic nitrogens is 3. The minimum absolute atomic E-state index is 0.225. The van der Waals surface area contributed by atoms with Gasteiger partial charge in [-0.25, -0.2) is 0 Å². The minimum Gasteiger partial charge on any atom is -0.465 e. The quantitative estimate of drug-likeness (QED) is 0.602. The highest BCUT2D eigenvalue weighted by Crippen LogP contribution is 2.31. The fraction of sp³-hybridized carbons (Fsp3) is 0.500. The molecule has 0 aromatic carbocycles. The van der Waals surface area contributed by atoms with Gasteiger partial charge in [0.1, 0.15) is 0 Å². The van der Waals surface area contributed by atoms with Crippen LogP contribution >= 0.6 is 23.1 Å². The monoisotopic (exact) mass is 325 g/mol. The summed E-state index contributed by atoms with van der Waals surface area (Å²) in [4.78, 5) is 12.7. The molecule has 0 spiro atoms. The van der Waals surface area contributed by atoms with E-state index in [0.29, 0.717) is 6.61 Å². The van der Waals surface area contributed by atoms with Crippen molar-refractivity contribution in [3.05, 3.63) is 15.8 Å². The number of carbonyl (C=O) groups excluding carboxylic acids is 1. The van der Waals surface area contributed by atoms with Crippen LogP contribution in [0.5, 0.6) is 0 Å². The van der Waals surface area contributed by atoms with Crippen molar-refractivity contribution < 1.29 is 9.53 Å². The summed E-state index contributed by atoms with van der Waals surface area (Å²) >= 11 is 3.08. The van der Waals surface area contributed by atoms with Gasteiger partial charge in [-0.1, -0.05) is 11.8 Å². The Labute approximate surface area is 132 Å². The number of esters is 1. The van der Waals surface area contributed by atoms with Crippen LogP contribution < -0.4 is 0 Å². The third-order valence-electron chi connectivity index (χ3n) is 3.18. The lowest BCUT2D eigenvalue weighted by Gasteiger charge is -2.07. The number of nitrogens with zero attached hydrogens (tertiary/aromatic N) is 3. The molecular weight excluding hydrogens is 306 g/mol. The Morgan fingerprint density at radius 1 is 1.38 bits per heavy atom. The van der Waals surface area contributed by atoms with Crippen LogP contribution in [0.3, 0.4) is 0 Å². The molecule has 7 heteroatoms. The van der Waals surface area contributed by atoms with Crippen molar-refractivity contribution in [3.63, 3.8) is 0 Å². The van der Waals surface area contributed by atoms with Gasteiger partial charge in [0, 0.05) is 22.4 Å². The number of hydrogen-bond acceptors (Lipinski definition) is 6. The van der Waals surface area contributed by atoms with Gasteiger partial charge in [-0.2, -0.15) is 0 Å². The van der Waals surface area contributed by atoms with Gasteiger partial charge in [0.15, 0.2) is 11.0 Å². The molecule has 0 atom stereocenters. The van der Waals surface area contributed by atoms with E-state index in [1.807, 2.05) is 4.57 Å². The van der Waals surface area contributed by atoms with E-state index in [1.54, 1.807) is 18.3 Å². The fourth-order valence-corrected chi connectivity index (χ4v) is 3.60. The van der Waals surface area contributed by atoms with Crippen LogP contribution in [0.25, 0.3) is 11.4 Å². The topological polar surface area (TPSA) is 57.0 Å². The van der Waals surface area contributed by atoms with Crippen LogP contribution in [0.15, 0.2) is 10.5 Å². The number of thiophene rings is 1. The van der Waals surface area contributed by atoms with Gasteiger partial charge in [-0.3, -0.25) is 4.79 Å². The first-order chi connectivity index (χ1) is 10.1. The van der Waals surface area contributed by atoms with Crippen LogP contribution in [0, 0.1) is 13.8 Å². The molecule has 2 heterocycles. The van der Waals surface area contributed by atoms with E-state index in [2.05, 4.69) is 36.3 Å². The van der Waals surface area contributed by atoms with Crippen molar-refractivity contribution in [2.24, 2.45) is 0 Å². The molecule has 2 aromatic rings. The molecule has 0 unspecified atom stereocenters. The first-order valence-corrected chi connectivity index (χ1v) is 8.71. The summed E-state index contributed by atoms with van der Waals surface area (Å²) in [6, 6.07) is 0. The van der Waals surface area contributed by atoms with Gasteiger partial charge in [-0.15, -0.1) is 21.5 Å². The van der Waals surface area contributed by atoms with Gasteiger partial charge in [-0.05, 0) is 33.3 Å². The molecule has 0 fully saturated rings. The SMILES string of the molecule is CCOC(=O)CSc1nnc(-c2csc(C)c2C)n1CC. The van der Waals surface area contributed by atoms with Crippen molar-refractivity contribution in [1.29, 1.82) is 0 Å². The van der Waals surface area contributed by atoms with E-state index < -0.39 is 0 Å². The molecule has 0 radical (unpaired) electrons. The number of rotatable bonds is 6. The first-order valence-electron chi connectivity index (χ1n) is 6.85. The number of hydrogen-bond donors (Lipinski definition) is 0. The molecule has 0 bridgehead atoms. The minimum atomic E-state index is -0.225. The van der Waals surface area contributed by atoms with E-state index in [1.165, 1.54) is 22.2 Å². The van der Waals surface area contributed by atoms with Crippen molar-refractivity contribution in [3.8, 4) is 11.4 Å². The van der Waals surface area contributed by atoms with E-state index in [0.717, 1.165) is 23.1 Å². The van der Waals surface area contributed by atoms with Crippen molar-refractivity contribution in [2.75, 3.05) is 12.4 Å². The molecule has 0 saturated heterocycles. The highest BCUT2D eigenvalue weighted by Gasteiger charge is 2.17. The zero-order valence-electron chi connectivity index (χ0n) is 12.7. The zero-order chi connectivity index (χ0) is 15.4. The maximum atomic E-state index is 11.5. The maximum absolute atomic E-state index is 11.5. The molecule has 0 aliphatic rings. The Hall–Kier alpha value is -1.34. The molecule has 0 aliphatic carbocycles. The standard InChI is InChI=1S/C14H19N3O2S2/c1-5-17-13(11-7-20-10(4)9(11)3)15-16-14(17)21-8-12(18)19-6-2/h7H,5-6,8H2,1-4H3. The summed E-state index contributed by atoms with van der Waals surface area (Å²) in [6.07, 6.45) is 0. The predicted molar refractivity (Wildman–Crippen MR) is 85.8 cm³/mol. The van der Waals surface area contributed by atoms with Gasteiger partial charge >= 0.3 is 5.97 Å². The molecule has 114 valence electrons. The van der Waals surface area contributed by atoms with Gasteiger partial charge in [0.05, 0.1) is 12.4 Å². The second-order valence-electron chi connectivity index (χ2n) is 4.47. The van der Waals surface area contributed by atoms with E-state index in [9.17, 15) is 4.79 Å². The molecular formula is C14H19N3O2S2. The molecule has 0 saturated carbocycles. The summed E-state index contributed by atoms with van der Waals surface area (Å²) in [5.41, 5.74) is 2.36. The first kappa shape index (κ1) is 16.0. The number of ether oxygens (including phenoxy) is 1. The molecule has 0 amide bonds. The Morgan fingerprint density at radius 2 is 2.14 bits per heavy atom. The second kappa shape index (κ2) is 7.09. The normalized spacial score (nSPS) is 10.9. The molecule has 5 nitrogen and oxygen atoms in total. The predicted octanol–water partition coefficient (Wildman–Crippen LogP) is 3.30. The average molecular weight is 325 g/mol. The fourth-order valence-electron chi connectivity index (χ4n) is 1.94. The summed E-state index contributed by atoms with van der Waals surface area (Å²) in [5.74, 6) is 0.899. The van der Waals surface area contributed by atoms with Crippen LogP contribution in [-0.2, 0) is 16.1 Å². The Bertz CT molecular complexity index is 634. The summed E-state index contributed by atoms with van der Waals surface area (Å²) in [7, 11) is 0. The van der Waals surface area contributed by atoms with Crippen LogP contribution in [-0.4, -0.2) is 33.1 Å². The Kier molecular flexibility index (Phi) is 5.41. The van der Waals surface area contributed by atoms with Crippen LogP contribution in [0.1, 0.15) is 24.3 Å². The lowest BCUT2D eigenvalue weighted by atomic mass is 10.1. The van der Waals surface area contributed by atoms with Crippen LogP contribution in [0.2, 0.25) is 0 Å². The largest absolute Gasteiger partial charge is 0.465 e. The van der Waals surface area contributed by atoms with Gasteiger partial charge in [0.25, 0.3) is 0 Å². The van der Waals surface area contributed by atoms with Crippen LogP contribution in [0.4, 0.5) is 0 Å². The molecule has 2 rings (SSSR count). The summed E-state index contributed by atoms with van der Waals surface area (Å²) in [5, 5.41) is 11.4. The van der Waals surface area contributed by atoms with E-state index >= 15 is 0 Å². The van der Waals surface area contributed by atoms with E-state index in [-0.39, 0.29) is 11.7 Å². The van der Waals surface area contributed by atoms with Gasteiger partial charge in [0.2, 0.25) is 0 Å². The van der Waals surface area contributed by atoms with E-state index in [4.69, 9.17) is 4.74 Å². The van der Waals surface area contributed by atoms with Crippen molar-refractivity contribution in [1.82, 2.24) is 14.8 Å². The lowest BCUT2D eigenvalue weighted by molar-refractivity contribution is -0.139. The molecule has 0 aliphatic heterocycles. The Balaban J connectivity index is 2.22. The highest BCUT2D eigenvalue weighted by atomic mass is 32.2. The smallest absolute Gasteiger partial charge is 0.316 e. The lowest BCUT2D eigenvalue weighted by Crippen LogP contribution is -2.08. The average Bonchev–Trinajstić information content (AvgIpc) is 3.01. The van der Waals surface area contributed by atoms with Crippen molar-refractivity contribution >= 4 is 29.1 Å². The second-order valence-corrected chi connectivity index (χ2v) is 6.50. The van der Waals surface area contributed by atoms with Gasteiger partial charge < -0.3 is 9.30 Å². The number of thioether (sulfide) groups is 1.